The van der Waals surface area contributed by atoms with Crippen LogP contribution in [0.4, 0.5) is 0 Å². The number of hydrogen-bond donors (Lipinski definition) is 1. The summed E-state index contributed by atoms with van der Waals surface area (Å²) >= 11 is 0. The van der Waals surface area contributed by atoms with E-state index in [2.05, 4.69) is 9.46 Å². The first-order valence-electron chi connectivity index (χ1n) is 7.53. The number of amides is 1. The van der Waals surface area contributed by atoms with Crippen LogP contribution in [0.1, 0.15) is 47.0 Å². The fourth-order valence-corrected chi connectivity index (χ4v) is 3.14. The first-order chi connectivity index (χ1) is 10.5. The lowest BCUT2D eigenvalue weighted by molar-refractivity contribution is -0.216. The summed E-state index contributed by atoms with van der Waals surface area (Å²) in [5.41, 5.74) is -0.581. The number of nitrogens with zero attached hydrogens (tertiary/aromatic N) is 1. The molecule has 136 valence electrons. The zero-order valence-electron chi connectivity index (χ0n) is 14.5. The molecular formula is C14H28N2O6S. The Kier molecular flexibility index (Phi) is 9.33. The lowest BCUT2D eigenvalue weighted by atomic mass is 10.2. The maximum Gasteiger partial charge on any atom is 0.323 e. The molecule has 0 aromatic heterocycles. The van der Waals surface area contributed by atoms with Gasteiger partial charge in [-0.15, -0.1) is 0 Å². The Morgan fingerprint density at radius 1 is 1.35 bits per heavy atom. The normalized spacial score (nSPS) is 13.4. The van der Waals surface area contributed by atoms with Crippen molar-refractivity contribution < 1.29 is 27.6 Å². The van der Waals surface area contributed by atoms with Gasteiger partial charge in [-0.3, -0.25) is 14.4 Å². The predicted molar refractivity (Wildman–Crippen MR) is 85.9 cm³/mol. The topological polar surface area (TPSA) is 102 Å². The molecule has 8 nitrogen and oxygen atoms in total. The van der Waals surface area contributed by atoms with Crippen molar-refractivity contribution in [2.75, 3.05) is 19.4 Å². The minimum atomic E-state index is -3.59. The zero-order chi connectivity index (χ0) is 18.1. The van der Waals surface area contributed by atoms with Crippen LogP contribution in [0.2, 0.25) is 0 Å². The largest absolute Gasteiger partial charge is 0.468 e. The molecule has 0 aromatic carbocycles. The number of rotatable bonds is 11. The highest BCUT2D eigenvalue weighted by Crippen LogP contribution is 2.10. The van der Waals surface area contributed by atoms with Crippen molar-refractivity contribution in [2.24, 2.45) is 0 Å². The maximum atomic E-state index is 11.9. The molecule has 0 rings (SSSR count). The number of hydroxylamine groups is 2. The first kappa shape index (κ1) is 21.8. The number of ether oxygens (including phenoxy) is 1. The molecule has 1 unspecified atom stereocenters. The highest BCUT2D eigenvalue weighted by molar-refractivity contribution is 7.89. The van der Waals surface area contributed by atoms with E-state index in [9.17, 15) is 18.0 Å². The Bertz CT molecular complexity index is 472. The monoisotopic (exact) mass is 352 g/mol. The van der Waals surface area contributed by atoms with Gasteiger partial charge in [0.1, 0.15) is 6.04 Å². The summed E-state index contributed by atoms with van der Waals surface area (Å²) in [5, 5.41) is 1.04. The smallest absolute Gasteiger partial charge is 0.323 e. The first-order valence-corrected chi connectivity index (χ1v) is 9.18. The van der Waals surface area contributed by atoms with Gasteiger partial charge in [-0.25, -0.2) is 18.2 Å². The Hall–Kier alpha value is -1.19. The summed E-state index contributed by atoms with van der Waals surface area (Å²) in [6.45, 7) is 7.24. The number of carbonyl (C=O) groups excluding carboxylic acids is 2. The van der Waals surface area contributed by atoms with E-state index < -0.39 is 27.6 Å². The molecule has 0 spiro atoms. The number of nitrogens with one attached hydrogen (secondary N) is 1. The van der Waals surface area contributed by atoms with Crippen LogP contribution in [0, 0.1) is 0 Å². The highest BCUT2D eigenvalue weighted by Gasteiger charge is 2.26. The summed E-state index contributed by atoms with van der Waals surface area (Å²) in [6.07, 6.45) is 1.76. The van der Waals surface area contributed by atoms with Crippen molar-refractivity contribution in [2.45, 2.75) is 58.6 Å². The third-order valence-electron chi connectivity index (χ3n) is 2.72. The van der Waals surface area contributed by atoms with E-state index in [1.54, 1.807) is 20.8 Å². The molecule has 0 saturated carbocycles. The average Bonchev–Trinajstić information content (AvgIpc) is 2.45. The lowest BCUT2D eigenvalue weighted by Crippen LogP contribution is -2.45. The van der Waals surface area contributed by atoms with E-state index in [4.69, 9.17) is 4.84 Å². The number of sulfonamides is 1. The van der Waals surface area contributed by atoms with E-state index in [1.165, 1.54) is 7.11 Å². The molecular weight excluding hydrogens is 324 g/mol. The van der Waals surface area contributed by atoms with Gasteiger partial charge in [-0.1, -0.05) is 13.3 Å². The van der Waals surface area contributed by atoms with Crippen LogP contribution in [0.15, 0.2) is 0 Å². The average molecular weight is 352 g/mol. The predicted octanol–water partition coefficient (Wildman–Crippen LogP) is 0.826. The van der Waals surface area contributed by atoms with Crippen LogP contribution < -0.4 is 4.72 Å². The zero-order valence-corrected chi connectivity index (χ0v) is 15.3. The van der Waals surface area contributed by atoms with Crippen molar-refractivity contribution in [3.63, 3.8) is 0 Å². The lowest BCUT2D eigenvalue weighted by Gasteiger charge is -2.27. The third kappa shape index (κ3) is 10.2. The molecule has 23 heavy (non-hydrogen) atoms. The fraction of sp³-hybridized carbons (Fsp3) is 0.857. The van der Waals surface area contributed by atoms with E-state index in [1.807, 2.05) is 6.92 Å². The van der Waals surface area contributed by atoms with Crippen LogP contribution in [-0.2, 0) is 29.2 Å². The maximum absolute atomic E-state index is 11.9. The number of carbonyl (C=O) groups is 2. The van der Waals surface area contributed by atoms with Gasteiger partial charge in [0.25, 0.3) is 0 Å². The van der Waals surface area contributed by atoms with Gasteiger partial charge < -0.3 is 4.74 Å². The molecule has 0 saturated heterocycles. The van der Waals surface area contributed by atoms with Crippen molar-refractivity contribution in [1.29, 1.82) is 0 Å². The summed E-state index contributed by atoms with van der Waals surface area (Å²) in [4.78, 5) is 28.1. The standard InChI is InChI=1S/C14H28N2O6S/c1-6-7-10-23(19,20)15-12(13(18)21-5)8-9-16(11-17)22-14(2,3)4/h11-12,15H,6-10H2,1-5H3. The summed E-state index contributed by atoms with van der Waals surface area (Å²) in [6, 6.07) is -1.06. The van der Waals surface area contributed by atoms with Crippen LogP contribution in [-0.4, -0.2) is 56.9 Å². The molecule has 1 N–H and O–H groups in total. The quantitative estimate of drug-likeness (QED) is 0.336. The van der Waals surface area contributed by atoms with E-state index in [-0.39, 0.29) is 18.7 Å². The Labute approximate surface area is 138 Å². The molecule has 1 atom stereocenters. The van der Waals surface area contributed by atoms with Crippen LogP contribution >= 0.6 is 0 Å². The minimum absolute atomic E-state index is 0.0485. The number of methoxy groups -OCH3 is 1. The van der Waals surface area contributed by atoms with Crippen LogP contribution in [0.5, 0.6) is 0 Å². The molecule has 9 heteroatoms. The highest BCUT2D eigenvalue weighted by atomic mass is 32.2. The second-order valence-electron chi connectivity index (χ2n) is 6.10. The second-order valence-corrected chi connectivity index (χ2v) is 7.98. The number of esters is 1. The van der Waals surface area contributed by atoms with Crippen molar-refractivity contribution in [1.82, 2.24) is 9.79 Å². The SMILES string of the molecule is CCCCS(=O)(=O)NC(CCN(C=O)OC(C)(C)C)C(=O)OC. The van der Waals surface area contributed by atoms with Crippen molar-refractivity contribution >= 4 is 22.4 Å². The third-order valence-corrected chi connectivity index (χ3v) is 4.19. The molecule has 0 fully saturated rings. The Morgan fingerprint density at radius 3 is 2.39 bits per heavy atom. The Balaban J connectivity index is 4.80. The van der Waals surface area contributed by atoms with Gasteiger partial charge in [-0.05, 0) is 33.6 Å². The van der Waals surface area contributed by atoms with E-state index in [0.29, 0.717) is 12.8 Å². The molecule has 0 aliphatic carbocycles. The van der Waals surface area contributed by atoms with Gasteiger partial charge in [0.05, 0.1) is 25.0 Å². The molecule has 0 aliphatic rings. The van der Waals surface area contributed by atoms with Crippen molar-refractivity contribution in [3.8, 4) is 0 Å². The molecule has 0 bridgehead atoms. The van der Waals surface area contributed by atoms with Gasteiger partial charge >= 0.3 is 5.97 Å². The van der Waals surface area contributed by atoms with Crippen LogP contribution in [0.3, 0.4) is 0 Å². The summed E-state index contributed by atoms with van der Waals surface area (Å²) in [5.74, 6) is -0.765. The van der Waals surface area contributed by atoms with Gasteiger partial charge in [0.15, 0.2) is 0 Å². The van der Waals surface area contributed by atoms with Gasteiger partial charge in [-0.2, -0.15) is 0 Å². The van der Waals surface area contributed by atoms with Crippen molar-refractivity contribution in [3.05, 3.63) is 0 Å². The van der Waals surface area contributed by atoms with Crippen LogP contribution in [0.25, 0.3) is 0 Å². The molecule has 0 aromatic rings. The summed E-state index contributed by atoms with van der Waals surface area (Å²) < 4.78 is 30.8. The summed E-state index contributed by atoms with van der Waals surface area (Å²) in [7, 11) is -2.41. The van der Waals surface area contributed by atoms with Gasteiger partial charge in [0, 0.05) is 0 Å². The minimum Gasteiger partial charge on any atom is -0.468 e. The molecule has 0 aliphatic heterocycles. The van der Waals surface area contributed by atoms with Gasteiger partial charge in [0.2, 0.25) is 16.4 Å². The second kappa shape index (κ2) is 9.84. The molecule has 0 radical (unpaired) electrons. The van der Waals surface area contributed by atoms with E-state index >= 15 is 0 Å². The Morgan fingerprint density at radius 2 is 1.96 bits per heavy atom. The number of hydrogen-bond acceptors (Lipinski definition) is 6. The fourth-order valence-electron chi connectivity index (χ4n) is 1.71. The molecule has 0 heterocycles. The number of unbranched alkanes of at least 4 members (excludes halogenated alkanes) is 1. The van der Waals surface area contributed by atoms with E-state index in [0.717, 1.165) is 11.5 Å². The molecule has 1 amide bonds.